The Labute approximate surface area is 121 Å². The molecule has 0 aromatic rings. The van der Waals surface area contributed by atoms with E-state index in [1.807, 2.05) is 0 Å². The number of carbonyl (C=O) groups excluding carboxylic acids is 1. The fraction of sp³-hybridized carbons (Fsp3) is 0.917. The molecule has 2 aliphatic rings. The molecule has 0 spiro atoms. The monoisotopic (exact) mass is 310 g/mol. The zero-order chi connectivity index (χ0) is 13.5. The number of nitrogens with two attached hydrogens (primary N) is 1. The number of amides is 1. The van der Waals surface area contributed by atoms with Crippen molar-refractivity contribution < 1.29 is 13.2 Å². The summed E-state index contributed by atoms with van der Waals surface area (Å²) in [6, 6.07) is 0.162. The number of halogens is 1. The molecule has 0 aromatic heterocycles. The molecule has 0 bridgehead atoms. The van der Waals surface area contributed by atoms with Crippen LogP contribution in [0.2, 0.25) is 0 Å². The van der Waals surface area contributed by atoms with E-state index in [-0.39, 0.29) is 24.4 Å². The maximum absolute atomic E-state index is 12.1. The molecule has 1 aliphatic heterocycles. The van der Waals surface area contributed by atoms with E-state index in [1.54, 1.807) is 4.90 Å². The molecule has 1 saturated carbocycles. The first kappa shape index (κ1) is 16.7. The summed E-state index contributed by atoms with van der Waals surface area (Å²) in [5.41, 5.74) is 6.09. The van der Waals surface area contributed by atoms with Gasteiger partial charge in [0, 0.05) is 25.4 Å². The molecule has 7 heteroatoms. The molecule has 1 aliphatic carbocycles. The molecule has 2 rings (SSSR count). The van der Waals surface area contributed by atoms with Gasteiger partial charge in [0.25, 0.3) is 0 Å². The molecule has 5 nitrogen and oxygen atoms in total. The molecule has 4 atom stereocenters. The largest absolute Gasteiger partial charge is 0.341 e. The lowest BCUT2D eigenvalue weighted by atomic mass is 9.78. The van der Waals surface area contributed by atoms with E-state index in [1.165, 1.54) is 6.92 Å². The van der Waals surface area contributed by atoms with Gasteiger partial charge < -0.3 is 10.6 Å². The quantitative estimate of drug-likeness (QED) is 0.802. The highest BCUT2D eigenvalue weighted by atomic mass is 35.5. The Morgan fingerprint density at radius 3 is 2.47 bits per heavy atom. The zero-order valence-corrected chi connectivity index (χ0v) is 13.0. The highest BCUT2D eigenvalue weighted by Gasteiger charge is 2.42. The Morgan fingerprint density at radius 2 is 1.95 bits per heavy atom. The molecule has 1 saturated heterocycles. The number of hydrogen-bond acceptors (Lipinski definition) is 4. The van der Waals surface area contributed by atoms with Crippen molar-refractivity contribution >= 4 is 28.2 Å². The Morgan fingerprint density at radius 1 is 1.32 bits per heavy atom. The number of likely N-dealkylation sites (tertiary alicyclic amines) is 1. The van der Waals surface area contributed by atoms with Crippen molar-refractivity contribution in [2.45, 2.75) is 37.5 Å². The zero-order valence-electron chi connectivity index (χ0n) is 11.4. The summed E-state index contributed by atoms with van der Waals surface area (Å²) >= 11 is 0. The predicted molar refractivity (Wildman–Crippen MR) is 76.9 cm³/mol. The van der Waals surface area contributed by atoms with Crippen molar-refractivity contribution in [3.8, 4) is 0 Å². The van der Waals surface area contributed by atoms with Crippen LogP contribution in [0, 0.1) is 11.8 Å². The van der Waals surface area contributed by atoms with E-state index in [2.05, 4.69) is 0 Å². The maximum Gasteiger partial charge on any atom is 0.240 e. The number of hydrogen-bond donors (Lipinski definition) is 1. The van der Waals surface area contributed by atoms with Crippen LogP contribution in [0.3, 0.4) is 0 Å². The summed E-state index contributed by atoms with van der Waals surface area (Å²) in [7, 11) is -3.31. The van der Waals surface area contributed by atoms with Crippen LogP contribution >= 0.6 is 12.4 Å². The Hall–Kier alpha value is -0.330. The van der Waals surface area contributed by atoms with Crippen LogP contribution in [0.15, 0.2) is 0 Å². The van der Waals surface area contributed by atoms with Gasteiger partial charge in [0.15, 0.2) is 9.84 Å². The van der Waals surface area contributed by atoms with Gasteiger partial charge in [-0.1, -0.05) is 6.42 Å². The Kier molecular flexibility index (Phi) is 5.26. The fourth-order valence-electron chi connectivity index (χ4n) is 3.14. The van der Waals surface area contributed by atoms with E-state index >= 15 is 0 Å². The van der Waals surface area contributed by atoms with Crippen LogP contribution in [0.1, 0.15) is 26.2 Å². The van der Waals surface area contributed by atoms with Crippen LogP contribution in [0.5, 0.6) is 0 Å². The summed E-state index contributed by atoms with van der Waals surface area (Å²) < 4.78 is 22.9. The molecule has 1 heterocycles. The first-order valence-corrected chi connectivity index (χ1v) is 8.49. The second-order valence-electron chi connectivity index (χ2n) is 5.73. The third-order valence-corrected chi connectivity index (χ3v) is 5.94. The standard InChI is InChI=1S/C12H22N2O3S.ClH/c1-8(18(2,16)17)12(15)14-6-9-4-3-5-11(13)10(9)7-14;/h8-11H,3-7,13H2,1-2H3;1H. The van der Waals surface area contributed by atoms with Gasteiger partial charge in [-0.15, -0.1) is 12.4 Å². The van der Waals surface area contributed by atoms with Crippen molar-refractivity contribution in [1.29, 1.82) is 0 Å². The number of rotatable bonds is 2. The van der Waals surface area contributed by atoms with Gasteiger partial charge in [-0.2, -0.15) is 0 Å². The number of sulfone groups is 1. The van der Waals surface area contributed by atoms with Crippen LogP contribution in [0.4, 0.5) is 0 Å². The lowest BCUT2D eigenvalue weighted by Crippen LogP contribution is -2.41. The van der Waals surface area contributed by atoms with E-state index in [0.717, 1.165) is 25.5 Å². The SMILES string of the molecule is CC(C(=O)N1CC2CCCC(N)C2C1)S(C)(=O)=O.Cl. The van der Waals surface area contributed by atoms with Crippen molar-refractivity contribution in [2.24, 2.45) is 17.6 Å². The first-order valence-electron chi connectivity index (χ1n) is 6.54. The fourth-order valence-corrected chi connectivity index (χ4v) is 3.65. The third kappa shape index (κ3) is 3.41. The normalized spacial score (nSPS) is 32.4. The smallest absolute Gasteiger partial charge is 0.240 e. The van der Waals surface area contributed by atoms with Gasteiger partial charge in [0.1, 0.15) is 5.25 Å². The van der Waals surface area contributed by atoms with Crippen molar-refractivity contribution in [3.63, 3.8) is 0 Å². The third-order valence-electron chi connectivity index (χ3n) is 4.46. The van der Waals surface area contributed by atoms with Crippen molar-refractivity contribution in [3.05, 3.63) is 0 Å². The van der Waals surface area contributed by atoms with Gasteiger partial charge in [-0.3, -0.25) is 4.79 Å². The van der Waals surface area contributed by atoms with E-state index < -0.39 is 15.1 Å². The van der Waals surface area contributed by atoms with E-state index in [9.17, 15) is 13.2 Å². The van der Waals surface area contributed by atoms with Crippen LogP contribution in [-0.2, 0) is 14.6 Å². The molecule has 2 fully saturated rings. The van der Waals surface area contributed by atoms with Crippen LogP contribution < -0.4 is 5.73 Å². The second kappa shape index (κ2) is 5.97. The topological polar surface area (TPSA) is 80.5 Å². The summed E-state index contributed by atoms with van der Waals surface area (Å²) in [5.74, 6) is 0.554. The summed E-state index contributed by atoms with van der Waals surface area (Å²) in [4.78, 5) is 13.8. The number of fused-ring (bicyclic) bond motifs is 1. The number of carbonyl (C=O) groups is 1. The Balaban J connectivity index is 0.00000180. The molecular formula is C12H23ClN2O3S. The van der Waals surface area contributed by atoms with Gasteiger partial charge in [-0.05, 0) is 31.6 Å². The van der Waals surface area contributed by atoms with Crippen LogP contribution in [-0.4, -0.2) is 49.9 Å². The first-order chi connectivity index (χ1) is 8.30. The average Bonchev–Trinajstić information content (AvgIpc) is 2.71. The Bertz CT molecular complexity index is 440. The summed E-state index contributed by atoms with van der Waals surface area (Å²) in [5, 5.41) is -0.936. The number of nitrogens with zero attached hydrogens (tertiary/aromatic N) is 1. The highest BCUT2D eigenvalue weighted by molar-refractivity contribution is 7.92. The minimum absolute atomic E-state index is 0. The molecular weight excluding hydrogens is 288 g/mol. The van der Waals surface area contributed by atoms with Gasteiger partial charge in [-0.25, -0.2) is 8.42 Å². The molecule has 2 N–H and O–H groups in total. The predicted octanol–water partition coefficient (Wildman–Crippen LogP) is 0.427. The summed E-state index contributed by atoms with van der Waals surface area (Å²) in [6.45, 7) is 2.78. The molecule has 1 amide bonds. The average molecular weight is 311 g/mol. The second-order valence-corrected chi connectivity index (χ2v) is 8.10. The van der Waals surface area contributed by atoms with E-state index in [4.69, 9.17) is 5.73 Å². The van der Waals surface area contributed by atoms with Gasteiger partial charge >= 0.3 is 0 Å². The molecule has 112 valence electrons. The lowest BCUT2D eigenvalue weighted by molar-refractivity contribution is -0.129. The minimum Gasteiger partial charge on any atom is -0.341 e. The van der Waals surface area contributed by atoms with E-state index in [0.29, 0.717) is 24.9 Å². The summed E-state index contributed by atoms with van der Waals surface area (Å²) in [6.07, 6.45) is 4.36. The minimum atomic E-state index is -3.31. The van der Waals surface area contributed by atoms with Gasteiger partial charge in [0.05, 0.1) is 0 Å². The lowest BCUT2D eigenvalue weighted by Gasteiger charge is -2.29. The molecule has 19 heavy (non-hydrogen) atoms. The van der Waals surface area contributed by atoms with Gasteiger partial charge in [0.2, 0.25) is 5.91 Å². The molecule has 0 radical (unpaired) electrons. The van der Waals surface area contributed by atoms with Crippen molar-refractivity contribution in [2.75, 3.05) is 19.3 Å². The maximum atomic E-state index is 12.1. The highest BCUT2D eigenvalue weighted by Crippen LogP contribution is 2.35. The van der Waals surface area contributed by atoms with Crippen molar-refractivity contribution in [1.82, 2.24) is 4.90 Å². The molecule has 4 unspecified atom stereocenters. The molecule has 0 aromatic carbocycles. The van der Waals surface area contributed by atoms with Crippen LogP contribution in [0.25, 0.3) is 0 Å².